The van der Waals surface area contributed by atoms with Gasteiger partial charge in [0.15, 0.2) is 0 Å². The number of piperidine rings is 2. The van der Waals surface area contributed by atoms with Crippen LogP contribution in [0.15, 0.2) is 45.5 Å². The quantitative estimate of drug-likeness (QED) is 0.0773. The number of nitrogens with zero attached hydrogens (tertiary/aromatic N) is 7. The van der Waals surface area contributed by atoms with E-state index in [1.54, 1.807) is 37.4 Å². The molecule has 0 unspecified atom stereocenters. The zero-order chi connectivity index (χ0) is 49.6. The predicted octanol–water partition coefficient (Wildman–Crippen LogP) is 4.42. The Labute approximate surface area is 420 Å². The third kappa shape index (κ3) is 11.0. The van der Waals surface area contributed by atoms with Crippen molar-refractivity contribution in [2.75, 3.05) is 79.5 Å². The maximum absolute atomic E-state index is 13.4. The number of fused-ring (bicyclic) bond motifs is 2. The van der Waals surface area contributed by atoms with Gasteiger partial charge in [-0.25, -0.2) is 14.4 Å². The summed E-state index contributed by atoms with van der Waals surface area (Å²) in [6.45, 7) is 17.9. The zero-order valence-electron chi connectivity index (χ0n) is 40.6. The van der Waals surface area contributed by atoms with Gasteiger partial charge in [-0.15, -0.1) is 23.5 Å². The lowest BCUT2D eigenvalue weighted by atomic mass is 9.79. The molecule has 18 nitrogen and oxygen atoms in total. The molecule has 1 aromatic rings. The molecule has 0 spiro atoms. The first-order valence-corrected chi connectivity index (χ1v) is 26.5. The lowest BCUT2D eigenvalue weighted by Crippen LogP contribution is -2.63. The maximum Gasteiger partial charge on any atom is 0.363 e. The molecule has 8 heterocycles. The number of amides is 2. The van der Waals surface area contributed by atoms with E-state index < -0.39 is 46.9 Å². The first kappa shape index (κ1) is 53.9. The molecule has 0 saturated carbocycles. The second kappa shape index (κ2) is 22.5. The molecule has 386 valence electrons. The number of β-lactam (4-membered cyclic amide) rings is 2. The van der Waals surface area contributed by atoms with Crippen molar-refractivity contribution in [2.24, 2.45) is 35.5 Å². The average molecular weight is 1010 g/mol. The second-order valence-electron chi connectivity index (χ2n) is 20.8. The Bertz CT molecular complexity index is 2210. The number of carbonyl (C=O) groups is 5. The summed E-state index contributed by atoms with van der Waals surface area (Å²) in [4.78, 5) is 88.1. The number of benzene rings is 1. The van der Waals surface area contributed by atoms with E-state index in [0.29, 0.717) is 16.1 Å². The highest BCUT2D eigenvalue weighted by atomic mass is 32.2. The van der Waals surface area contributed by atoms with Crippen LogP contribution in [0.25, 0.3) is 0 Å². The van der Waals surface area contributed by atoms with Gasteiger partial charge in [0.2, 0.25) is 11.8 Å². The summed E-state index contributed by atoms with van der Waals surface area (Å²) in [5, 5.41) is 41.6. The van der Waals surface area contributed by atoms with Crippen molar-refractivity contribution >= 4 is 58.9 Å². The summed E-state index contributed by atoms with van der Waals surface area (Å²) in [6, 6.07) is 4.20. The monoisotopic (exact) mass is 1010 g/mol. The van der Waals surface area contributed by atoms with Crippen LogP contribution in [0.5, 0.6) is 0 Å². The van der Waals surface area contributed by atoms with E-state index in [-0.39, 0.29) is 71.1 Å². The number of aliphatic carboxylic acids is 1. The molecule has 0 radical (unpaired) electrons. The van der Waals surface area contributed by atoms with E-state index in [2.05, 4.69) is 33.7 Å². The molecule has 8 aliphatic heterocycles. The van der Waals surface area contributed by atoms with E-state index in [1.807, 2.05) is 13.8 Å². The Hall–Kier alpha value is -3.89. The van der Waals surface area contributed by atoms with Gasteiger partial charge in [-0.2, -0.15) is 0 Å². The fraction of sp³-hybridized carbons (Fsp3) is 0.700. The summed E-state index contributed by atoms with van der Waals surface area (Å²) in [5.41, 5.74) is 0.0404. The number of thioether (sulfide) groups is 2. The van der Waals surface area contributed by atoms with Crippen molar-refractivity contribution in [2.45, 2.75) is 108 Å². The Morgan fingerprint density at radius 1 is 0.700 bits per heavy atom. The van der Waals surface area contributed by atoms with Crippen LogP contribution in [-0.4, -0.2) is 194 Å². The normalized spacial score (nSPS) is 30.8. The fourth-order valence-corrected chi connectivity index (χ4v) is 15.0. The molecule has 2 amide bonds. The van der Waals surface area contributed by atoms with E-state index >= 15 is 0 Å². The minimum absolute atomic E-state index is 0. The number of non-ortho nitro benzene ring substituents is 1. The van der Waals surface area contributed by atoms with Crippen LogP contribution >= 0.6 is 23.5 Å². The average Bonchev–Trinajstić information content (AvgIpc) is 4.06. The van der Waals surface area contributed by atoms with Gasteiger partial charge in [-0.3, -0.25) is 19.7 Å². The third-order valence-corrected chi connectivity index (χ3v) is 18.9. The van der Waals surface area contributed by atoms with Crippen LogP contribution in [0.4, 0.5) is 5.69 Å². The van der Waals surface area contributed by atoms with Crippen molar-refractivity contribution < 1.29 is 49.0 Å². The second-order valence-corrected chi connectivity index (χ2v) is 23.5. The van der Waals surface area contributed by atoms with Crippen molar-refractivity contribution in [3.05, 3.63) is 61.1 Å². The van der Waals surface area contributed by atoms with Crippen molar-refractivity contribution in [1.82, 2.24) is 29.4 Å². The summed E-state index contributed by atoms with van der Waals surface area (Å²) >= 11 is 3.25. The lowest BCUT2D eigenvalue weighted by Gasteiger charge is -2.46. The number of aliphatic hydroxyl groups excluding tert-OH is 2. The number of hydrogen-bond acceptors (Lipinski definition) is 16. The summed E-state index contributed by atoms with van der Waals surface area (Å²) in [7, 11) is 4.35. The van der Waals surface area contributed by atoms with Gasteiger partial charge in [0.05, 0.1) is 46.6 Å². The number of ether oxygens (including phenoxy) is 1. The Morgan fingerprint density at radius 2 is 1.11 bits per heavy atom. The molecule has 8 aliphatic rings. The third-order valence-electron chi connectivity index (χ3n) is 15.9. The lowest BCUT2D eigenvalue weighted by molar-refractivity contribution is -0.384. The number of aliphatic hydroxyl groups is 2. The largest absolute Gasteiger partial charge is 0.477 e. The van der Waals surface area contributed by atoms with Gasteiger partial charge in [-0.05, 0) is 130 Å². The molecule has 3 N–H and O–H groups in total. The molecule has 20 heteroatoms. The SMILES string of the molecule is C.C[C@@H](O)[C@H]1C(=O)N2C(C(=O)O)=C(S[C@@H]3CCN(CC4CCN(C)CC4)C3)[C@H](C)[C@H]12.C[C@@H](O)[C@H]1C(=O)N2C(C(=O)OC(=O)c3ccc([N+](=O)[O-])cc3)=C(S[C@@H]3CCN(CC4CCN(C)CC4)C3)[C@H](C)[C@H]12. The highest BCUT2D eigenvalue weighted by Crippen LogP contribution is 2.53. The van der Waals surface area contributed by atoms with Crippen LogP contribution < -0.4 is 0 Å². The van der Waals surface area contributed by atoms with Crippen LogP contribution in [0.2, 0.25) is 0 Å². The summed E-state index contributed by atoms with van der Waals surface area (Å²) < 4.78 is 5.20. The van der Waals surface area contributed by atoms with Gasteiger partial charge in [0.1, 0.15) is 11.4 Å². The molecule has 6 saturated heterocycles. The number of likely N-dealkylation sites (tertiary alicyclic amines) is 4. The smallest absolute Gasteiger partial charge is 0.363 e. The van der Waals surface area contributed by atoms with Crippen LogP contribution in [0.3, 0.4) is 0 Å². The van der Waals surface area contributed by atoms with E-state index in [0.717, 1.165) is 76.0 Å². The number of hydrogen-bond donors (Lipinski definition) is 3. The Balaban J connectivity index is 0.000000213. The van der Waals surface area contributed by atoms with E-state index in [9.17, 15) is 49.4 Å². The maximum atomic E-state index is 13.4. The molecule has 0 bridgehead atoms. The molecule has 6 fully saturated rings. The summed E-state index contributed by atoms with van der Waals surface area (Å²) in [6.07, 6.45) is 5.31. The van der Waals surface area contributed by atoms with Gasteiger partial charge in [0, 0.05) is 70.5 Å². The minimum Gasteiger partial charge on any atom is -0.477 e. The first-order valence-electron chi connectivity index (χ1n) is 24.7. The molecular formula is C50H73N7O11S2. The number of nitro benzene ring substituents is 1. The Morgan fingerprint density at radius 3 is 1.51 bits per heavy atom. The number of carboxylic acids is 1. The van der Waals surface area contributed by atoms with Gasteiger partial charge < -0.3 is 49.5 Å². The number of carbonyl (C=O) groups excluding carboxylic acids is 4. The van der Waals surface area contributed by atoms with Crippen molar-refractivity contribution in [3.8, 4) is 0 Å². The van der Waals surface area contributed by atoms with Crippen LogP contribution in [-0.2, 0) is 23.9 Å². The molecule has 10 atom stereocenters. The highest BCUT2D eigenvalue weighted by molar-refractivity contribution is 8.04. The standard InChI is InChI=1S/C28H36N4O7S.C21H33N3O4S.CH4/c1-16-23-22(17(2)33)26(34)31(23)24(28(36)39-27(35)19-4-6-20(7-5-19)32(37)38)25(16)40-21-10-13-30(15-21)14-18-8-11-29(3)12-9-18;1-12-17-16(13(2)25)20(26)24(17)18(21(27)28)19(12)29-15-6-9-23(11-15)10-14-4-7-22(3)8-5-14;/h4-7,16-18,21-23,33H,8-15H2,1-3H3;12-17,25H,4-11H2,1-3H3,(H,27,28);1H4/t16-,17-,21-,22-,23-;12-,13-,15-,16-,17-;/m11./s1. The van der Waals surface area contributed by atoms with Crippen LogP contribution in [0, 0.1) is 45.6 Å². The number of carboxylic acid groups (broad SMARTS) is 1. The van der Waals surface area contributed by atoms with E-state index in [4.69, 9.17) is 4.74 Å². The number of nitro groups is 1. The van der Waals surface area contributed by atoms with Crippen LogP contribution in [0.1, 0.15) is 84.0 Å². The van der Waals surface area contributed by atoms with Gasteiger partial charge in [0.25, 0.3) is 5.69 Å². The topological polar surface area (TPSA) is 218 Å². The molecule has 70 heavy (non-hydrogen) atoms. The number of esters is 2. The molecular weight excluding hydrogens is 939 g/mol. The fourth-order valence-electron chi connectivity index (χ4n) is 12.0. The number of rotatable bonds is 14. The predicted molar refractivity (Wildman–Crippen MR) is 267 cm³/mol. The van der Waals surface area contributed by atoms with Gasteiger partial charge >= 0.3 is 17.9 Å². The first-order chi connectivity index (χ1) is 32.8. The van der Waals surface area contributed by atoms with Crippen molar-refractivity contribution in [3.63, 3.8) is 0 Å². The highest BCUT2D eigenvalue weighted by Gasteiger charge is 2.62. The van der Waals surface area contributed by atoms with Crippen molar-refractivity contribution in [1.29, 1.82) is 0 Å². The molecule has 0 aromatic heterocycles. The molecule has 0 aliphatic carbocycles. The minimum atomic E-state index is -1.03. The molecule has 9 rings (SSSR count). The van der Waals surface area contributed by atoms with E-state index in [1.165, 1.54) is 72.8 Å². The van der Waals surface area contributed by atoms with Gasteiger partial charge in [-0.1, -0.05) is 21.3 Å². The summed E-state index contributed by atoms with van der Waals surface area (Å²) in [5.74, 6) is -3.38. The Kier molecular flexibility index (Phi) is 17.3. The molecule has 1 aromatic carbocycles. The zero-order valence-corrected chi connectivity index (χ0v) is 42.2.